The Morgan fingerprint density at radius 3 is 2.79 bits per heavy atom. The van der Waals surface area contributed by atoms with Crippen LogP contribution in [0.4, 0.5) is 11.4 Å². The molecule has 0 heterocycles. The lowest BCUT2D eigenvalue weighted by atomic mass is 9.82. The molecule has 0 saturated heterocycles. The molecule has 19 heavy (non-hydrogen) atoms. The van der Waals surface area contributed by atoms with Crippen LogP contribution in [-0.4, -0.2) is 29.7 Å². The highest BCUT2D eigenvalue weighted by atomic mass is 16.6. The fraction of sp³-hybridized carbons (Fsp3) is 0.462. The first-order valence-corrected chi connectivity index (χ1v) is 6.09. The standard InChI is InChI=1S/C13H15N3O3/c1-15(8-10-4-11(17)5-10)12-3-2-9(7-14)6-13(12)16(18)19/h2-3,6,10-11,17H,4-5,8H2,1H3. The fourth-order valence-corrected chi connectivity index (χ4v) is 2.40. The molecule has 0 unspecified atom stereocenters. The molecule has 1 fully saturated rings. The number of benzene rings is 1. The molecular formula is C13H15N3O3. The second-order valence-electron chi connectivity index (χ2n) is 4.94. The molecule has 6 nitrogen and oxygen atoms in total. The number of hydrogen-bond acceptors (Lipinski definition) is 5. The number of nitro benzene ring substituents is 1. The van der Waals surface area contributed by atoms with Crippen LogP contribution in [0.2, 0.25) is 0 Å². The molecule has 1 aliphatic rings. The van der Waals surface area contributed by atoms with Crippen molar-refractivity contribution < 1.29 is 10.0 Å². The van der Waals surface area contributed by atoms with Gasteiger partial charge in [0.25, 0.3) is 5.69 Å². The lowest BCUT2D eigenvalue weighted by Crippen LogP contribution is -2.37. The zero-order valence-electron chi connectivity index (χ0n) is 10.6. The van der Waals surface area contributed by atoms with Gasteiger partial charge in [-0.05, 0) is 30.9 Å². The molecule has 2 rings (SSSR count). The molecule has 6 heteroatoms. The third-order valence-corrected chi connectivity index (χ3v) is 3.46. The molecule has 0 aliphatic heterocycles. The van der Waals surface area contributed by atoms with Crippen LogP contribution in [0.3, 0.4) is 0 Å². The van der Waals surface area contributed by atoms with E-state index in [2.05, 4.69) is 0 Å². The van der Waals surface area contributed by atoms with Gasteiger partial charge in [0.05, 0.1) is 22.7 Å². The summed E-state index contributed by atoms with van der Waals surface area (Å²) >= 11 is 0. The van der Waals surface area contributed by atoms with Crippen LogP contribution >= 0.6 is 0 Å². The van der Waals surface area contributed by atoms with Crippen molar-refractivity contribution in [2.45, 2.75) is 18.9 Å². The molecule has 1 aromatic carbocycles. The van der Waals surface area contributed by atoms with Gasteiger partial charge >= 0.3 is 0 Å². The van der Waals surface area contributed by atoms with Gasteiger partial charge in [0.15, 0.2) is 0 Å². The number of nitriles is 1. The molecule has 100 valence electrons. The molecule has 1 aromatic rings. The van der Waals surface area contributed by atoms with E-state index in [4.69, 9.17) is 5.26 Å². The molecule has 1 N–H and O–H groups in total. The van der Waals surface area contributed by atoms with Gasteiger partial charge in [0.2, 0.25) is 0 Å². The molecular weight excluding hydrogens is 246 g/mol. The van der Waals surface area contributed by atoms with Gasteiger partial charge in [0.1, 0.15) is 5.69 Å². The lowest BCUT2D eigenvalue weighted by Gasteiger charge is -2.35. The number of rotatable bonds is 4. The van der Waals surface area contributed by atoms with E-state index < -0.39 is 4.92 Å². The van der Waals surface area contributed by atoms with Crippen LogP contribution in [0.25, 0.3) is 0 Å². The molecule has 0 bridgehead atoms. The van der Waals surface area contributed by atoms with Crippen molar-refractivity contribution in [3.63, 3.8) is 0 Å². The monoisotopic (exact) mass is 261 g/mol. The molecule has 0 atom stereocenters. The number of hydrogen-bond donors (Lipinski definition) is 1. The van der Waals surface area contributed by atoms with Gasteiger partial charge in [-0.3, -0.25) is 10.1 Å². The molecule has 0 amide bonds. The van der Waals surface area contributed by atoms with Crippen molar-refractivity contribution in [1.82, 2.24) is 0 Å². The van der Waals surface area contributed by atoms with Crippen LogP contribution in [0.15, 0.2) is 18.2 Å². The number of nitro groups is 1. The van der Waals surface area contributed by atoms with Crippen molar-refractivity contribution >= 4 is 11.4 Å². The first-order valence-electron chi connectivity index (χ1n) is 6.09. The Morgan fingerprint density at radius 2 is 2.26 bits per heavy atom. The van der Waals surface area contributed by atoms with Crippen LogP contribution < -0.4 is 4.90 Å². The van der Waals surface area contributed by atoms with Crippen LogP contribution in [0.1, 0.15) is 18.4 Å². The summed E-state index contributed by atoms with van der Waals surface area (Å²) in [5, 5.41) is 29.1. The Balaban J connectivity index is 2.18. The van der Waals surface area contributed by atoms with Crippen LogP contribution in [0, 0.1) is 27.4 Å². The van der Waals surface area contributed by atoms with Gasteiger partial charge in [-0.1, -0.05) is 0 Å². The normalized spacial score (nSPS) is 21.3. The van der Waals surface area contributed by atoms with Gasteiger partial charge < -0.3 is 10.0 Å². The van der Waals surface area contributed by atoms with E-state index in [0.717, 1.165) is 12.8 Å². The predicted molar refractivity (Wildman–Crippen MR) is 69.8 cm³/mol. The number of aliphatic hydroxyl groups is 1. The SMILES string of the molecule is CN(CC1CC(O)C1)c1ccc(C#N)cc1[N+](=O)[O-]. The summed E-state index contributed by atoms with van der Waals surface area (Å²) < 4.78 is 0. The number of aliphatic hydroxyl groups excluding tert-OH is 1. The minimum atomic E-state index is -0.470. The molecule has 0 radical (unpaired) electrons. The van der Waals surface area contributed by atoms with E-state index in [0.29, 0.717) is 18.2 Å². The van der Waals surface area contributed by atoms with Gasteiger partial charge in [-0.2, -0.15) is 5.26 Å². The third kappa shape index (κ3) is 2.83. The topological polar surface area (TPSA) is 90.4 Å². The molecule has 1 saturated carbocycles. The van der Waals surface area contributed by atoms with Crippen molar-refractivity contribution in [3.05, 3.63) is 33.9 Å². The zero-order chi connectivity index (χ0) is 14.0. The Hall–Kier alpha value is -2.13. The van der Waals surface area contributed by atoms with Gasteiger partial charge in [-0.25, -0.2) is 0 Å². The first kappa shape index (κ1) is 13.3. The minimum absolute atomic E-state index is 0.0542. The Labute approximate surface area is 111 Å². The minimum Gasteiger partial charge on any atom is -0.393 e. The fourth-order valence-electron chi connectivity index (χ4n) is 2.40. The smallest absolute Gasteiger partial charge is 0.293 e. The summed E-state index contributed by atoms with van der Waals surface area (Å²) in [7, 11) is 1.79. The number of anilines is 1. The second-order valence-corrected chi connectivity index (χ2v) is 4.94. The third-order valence-electron chi connectivity index (χ3n) is 3.46. The van der Waals surface area contributed by atoms with E-state index >= 15 is 0 Å². The predicted octanol–water partition coefficient (Wildman–Crippen LogP) is 1.67. The van der Waals surface area contributed by atoms with E-state index in [-0.39, 0.29) is 17.4 Å². The summed E-state index contributed by atoms with van der Waals surface area (Å²) in [5.41, 5.74) is 0.731. The largest absolute Gasteiger partial charge is 0.393 e. The van der Waals surface area contributed by atoms with Crippen LogP contribution in [0.5, 0.6) is 0 Å². The Kier molecular flexibility index (Phi) is 3.67. The highest BCUT2D eigenvalue weighted by Gasteiger charge is 2.29. The van der Waals surface area contributed by atoms with Gasteiger partial charge in [-0.15, -0.1) is 0 Å². The lowest BCUT2D eigenvalue weighted by molar-refractivity contribution is -0.384. The number of nitrogens with zero attached hydrogens (tertiary/aromatic N) is 3. The average molecular weight is 261 g/mol. The van der Waals surface area contributed by atoms with Crippen LogP contribution in [-0.2, 0) is 0 Å². The van der Waals surface area contributed by atoms with E-state index in [9.17, 15) is 15.2 Å². The maximum atomic E-state index is 11.0. The highest BCUT2D eigenvalue weighted by molar-refractivity contribution is 5.65. The summed E-state index contributed by atoms with van der Waals surface area (Å²) in [4.78, 5) is 12.4. The molecule has 0 aromatic heterocycles. The summed E-state index contributed by atoms with van der Waals surface area (Å²) in [6.45, 7) is 0.670. The maximum Gasteiger partial charge on any atom is 0.293 e. The highest BCUT2D eigenvalue weighted by Crippen LogP contribution is 2.33. The van der Waals surface area contributed by atoms with Gasteiger partial charge in [0, 0.05) is 19.7 Å². The van der Waals surface area contributed by atoms with Crippen molar-refractivity contribution in [2.75, 3.05) is 18.5 Å². The first-order chi connectivity index (χ1) is 9.01. The van der Waals surface area contributed by atoms with Crippen molar-refractivity contribution in [1.29, 1.82) is 5.26 Å². The average Bonchev–Trinajstić information content (AvgIpc) is 2.36. The molecule has 1 aliphatic carbocycles. The van der Waals surface area contributed by atoms with E-state index in [1.54, 1.807) is 19.2 Å². The van der Waals surface area contributed by atoms with E-state index in [1.807, 2.05) is 11.0 Å². The Morgan fingerprint density at radius 1 is 1.58 bits per heavy atom. The molecule has 0 spiro atoms. The maximum absolute atomic E-state index is 11.0. The van der Waals surface area contributed by atoms with Crippen molar-refractivity contribution in [3.8, 4) is 6.07 Å². The summed E-state index contributed by atoms with van der Waals surface area (Å²) in [6, 6.07) is 6.38. The zero-order valence-corrected chi connectivity index (χ0v) is 10.6. The summed E-state index contributed by atoms with van der Waals surface area (Å²) in [5.74, 6) is 0.371. The van der Waals surface area contributed by atoms with Crippen molar-refractivity contribution in [2.24, 2.45) is 5.92 Å². The summed E-state index contributed by atoms with van der Waals surface area (Å²) in [6.07, 6.45) is 1.26. The quantitative estimate of drug-likeness (QED) is 0.657. The Bertz CT molecular complexity index is 532. The van der Waals surface area contributed by atoms with E-state index in [1.165, 1.54) is 6.07 Å². The second kappa shape index (κ2) is 5.24.